The molecular weight excluding hydrogens is 339 g/mol. The molecule has 23 heavy (non-hydrogen) atoms. The molecular formula is C17H16Cl2O4. The fourth-order valence-electron chi connectivity index (χ4n) is 2.11. The van der Waals surface area contributed by atoms with Crippen molar-refractivity contribution < 1.29 is 19.4 Å². The van der Waals surface area contributed by atoms with Gasteiger partial charge in [0.25, 0.3) is 0 Å². The van der Waals surface area contributed by atoms with E-state index >= 15 is 0 Å². The molecule has 0 aliphatic rings. The predicted octanol–water partition coefficient (Wildman–Crippen LogP) is 5.34. The lowest BCUT2D eigenvalue weighted by Crippen LogP contribution is -2.10. The predicted molar refractivity (Wildman–Crippen MR) is 89.6 cm³/mol. The first-order valence-electron chi connectivity index (χ1n) is 7.05. The lowest BCUT2D eigenvalue weighted by molar-refractivity contribution is -0.140. The first-order valence-corrected chi connectivity index (χ1v) is 7.81. The second-order valence-corrected chi connectivity index (χ2v) is 5.69. The Morgan fingerprint density at radius 1 is 1.09 bits per heavy atom. The summed E-state index contributed by atoms with van der Waals surface area (Å²) in [6, 6.07) is 12.0. The maximum Gasteiger partial charge on any atom is 0.306 e. The molecule has 0 saturated heterocycles. The second kappa shape index (κ2) is 8.20. The molecule has 1 N–H and O–H groups in total. The van der Waals surface area contributed by atoms with Gasteiger partial charge in [-0.2, -0.15) is 0 Å². The third-order valence-electron chi connectivity index (χ3n) is 3.05. The Kier molecular flexibility index (Phi) is 6.28. The van der Waals surface area contributed by atoms with Gasteiger partial charge in [-0.05, 0) is 42.8 Å². The van der Waals surface area contributed by atoms with E-state index in [1.165, 1.54) is 0 Å². The molecule has 0 aliphatic carbocycles. The Labute approximate surface area is 144 Å². The van der Waals surface area contributed by atoms with Crippen LogP contribution in [-0.2, 0) is 9.53 Å². The molecule has 4 nitrogen and oxygen atoms in total. The Bertz CT molecular complexity index is 651. The Morgan fingerprint density at radius 2 is 1.70 bits per heavy atom. The average molecular weight is 355 g/mol. The third kappa shape index (κ3) is 5.43. The molecule has 2 aromatic carbocycles. The smallest absolute Gasteiger partial charge is 0.306 e. The Hall–Kier alpha value is -1.75. The molecule has 1 atom stereocenters. The van der Waals surface area contributed by atoms with Crippen LogP contribution >= 0.6 is 23.2 Å². The van der Waals surface area contributed by atoms with E-state index in [2.05, 4.69) is 0 Å². The fraction of sp³-hybridized carbons (Fsp3) is 0.235. The van der Waals surface area contributed by atoms with Crippen LogP contribution in [0.4, 0.5) is 0 Å². The van der Waals surface area contributed by atoms with E-state index in [-0.39, 0.29) is 6.42 Å². The summed E-state index contributed by atoms with van der Waals surface area (Å²) in [6.45, 7) is 2.27. The lowest BCUT2D eigenvalue weighted by atomic mass is 10.1. The molecule has 0 radical (unpaired) electrons. The van der Waals surface area contributed by atoms with Gasteiger partial charge in [-0.25, -0.2) is 0 Å². The van der Waals surface area contributed by atoms with Gasteiger partial charge < -0.3 is 14.6 Å². The van der Waals surface area contributed by atoms with Crippen molar-refractivity contribution in [1.29, 1.82) is 0 Å². The molecule has 0 spiro atoms. The number of hydrogen-bond donors (Lipinski definition) is 1. The van der Waals surface area contributed by atoms with Crippen molar-refractivity contribution in [3.05, 3.63) is 58.1 Å². The summed E-state index contributed by atoms with van der Waals surface area (Å²) in [7, 11) is 0. The minimum Gasteiger partial charge on any atom is -0.481 e. The molecule has 2 rings (SSSR count). The van der Waals surface area contributed by atoms with Crippen LogP contribution < -0.4 is 4.74 Å². The third-order valence-corrected chi connectivity index (χ3v) is 3.49. The average Bonchev–Trinajstić information content (AvgIpc) is 2.46. The highest BCUT2D eigenvalue weighted by molar-refractivity contribution is 6.34. The molecule has 6 heteroatoms. The highest BCUT2D eigenvalue weighted by Crippen LogP contribution is 2.30. The number of ether oxygens (including phenoxy) is 2. The van der Waals surface area contributed by atoms with Crippen molar-refractivity contribution >= 4 is 29.2 Å². The summed E-state index contributed by atoms with van der Waals surface area (Å²) in [5, 5.41) is 9.92. The van der Waals surface area contributed by atoms with Gasteiger partial charge in [-0.15, -0.1) is 0 Å². The van der Waals surface area contributed by atoms with Crippen LogP contribution in [0.25, 0.3) is 0 Å². The van der Waals surface area contributed by atoms with Crippen LogP contribution in [0.2, 0.25) is 10.0 Å². The zero-order valence-corrected chi connectivity index (χ0v) is 14.0. The molecule has 0 heterocycles. The number of carbonyl (C=O) groups is 1. The van der Waals surface area contributed by atoms with E-state index in [9.17, 15) is 4.79 Å². The summed E-state index contributed by atoms with van der Waals surface area (Å²) in [6.07, 6.45) is -0.565. The second-order valence-electron chi connectivity index (χ2n) is 4.82. The largest absolute Gasteiger partial charge is 0.481 e. The highest BCUT2D eigenvalue weighted by atomic mass is 35.5. The first-order chi connectivity index (χ1) is 11.0. The van der Waals surface area contributed by atoms with Gasteiger partial charge in [0.2, 0.25) is 0 Å². The molecule has 0 amide bonds. The van der Waals surface area contributed by atoms with Crippen LogP contribution in [0.1, 0.15) is 25.0 Å². The fourth-order valence-corrected chi connectivity index (χ4v) is 2.61. The Balaban J connectivity index is 2.13. The zero-order valence-electron chi connectivity index (χ0n) is 12.5. The van der Waals surface area contributed by atoms with Gasteiger partial charge in [0, 0.05) is 16.7 Å². The molecule has 0 fully saturated rings. The summed E-state index contributed by atoms with van der Waals surface area (Å²) in [5.41, 5.74) is 0.783. The maximum atomic E-state index is 10.9. The van der Waals surface area contributed by atoms with Gasteiger partial charge in [-0.3, -0.25) is 4.79 Å². The molecule has 0 saturated carbocycles. The number of carboxylic acids is 1. The molecule has 0 aliphatic heterocycles. The van der Waals surface area contributed by atoms with E-state index in [1.54, 1.807) is 42.5 Å². The van der Waals surface area contributed by atoms with Gasteiger partial charge in [0.05, 0.1) is 12.5 Å². The number of rotatable bonds is 7. The first kappa shape index (κ1) is 17.6. The zero-order chi connectivity index (χ0) is 16.8. The summed E-state index contributed by atoms with van der Waals surface area (Å²) < 4.78 is 11.2. The number of carboxylic acid groups (broad SMARTS) is 1. The molecule has 122 valence electrons. The van der Waals surface area contributed by atoms with Crippen LogP contribution in [0, 0.1) is 0 Å². The van der Waals surface area contributed by atoms with Crippen molar-refractivity contribution in [3.8, 4) is 11.5 Å². The normalized spacial score (nSPS) is 12.0. The standard InChI is InChI=1S/C17H16Cl2O4/c1-2-22-16(10-17(20)21)11-3-5-14(6-4-11)23-15-8-12(18)7-13(19)9-15/h3-9,16H,2,10H2,1H3,(H,20,21)/t16-/m1/s1. The molecule has 0 unspecified atom stereocenters. The topological polar surface area (TPSA) is 55.8 Å². The number of aliphatic carboxylic acids is 1. The van der Waals surface area contributed by atoms with Crippen LogP contribution in [0.5, 0.6) is 11.5 Å². The van der Waals surface area contributed by atoms with Gasteiger partial charge >= 0.3 is 5.97 Å². The summed E-state index contributed by atoms with van der Waals surface area (Å²) in [5.74, 6) is 0.220. The molecule has 2 aromatic rings. The van der Waals surface area contributed by atoms with Crippen molar-refractivity contribution in [2.75, 3.05) is 6.61 Å². The molecule has 0 aromatic heterocycles. The number of hydrogen-bond acceptors (Lipinski definition) is 3. The van der Waals surface area contributed by atoms with E-state index in [4.69, 9.17) is 37.8 Å². The monoisotopic (exact) mass is 354 g/mol. The van der Waals surface area contributed by atoms with E-state index in [0.29, 0.717) is 28.2 Å². The van der Waals surface area contributed by atoms with E-state index in [1.807, 2.05) is 6.92 Å². The summed E-state index contributed by atoms with van der Waals surface area (Å²) >= 11 is 11.9. The van der Waals surface area contributed by atoms with E-state index in [0.717, 1.165) is 5.56 Å². The van der Waals surface area contributed by atoms with Crippen molar-refractivity contribution in [2.24, 2.45) is 0 Å². The van der Waals surface area contributed by atoms with E-state index < -0.39 is 12.1 Å². The van der Waals surface area contributed by atoms with Crippen molar-refractivity contribution in [3.63, 3.8) is 0 Å². The van der Waals surface area contributed by atoms with Gasteiger partial charge in [-0.1, -0.05) is 35.3 Å². The number of benzene rings is 2. The van der Waals surface area contributed by atoms with Crippen LogP contribution in [0.15, 0.2) is 42.5 Å². The Morgan fingerprint density at radius 3 is 2.22 bits per heavy atom. The van der Waals surface area contributed by atoms with Gasteiger partial charge in [0.15, 0.2) is 0 Å². The minimum absolute atomic E-state index is 0.0854. The number of halogens is 2. The SMILES string of the molecule is CCO[C@H](CC(=O)O)c1ccc(Oc2cc(Cl)cc(Cl)c2)cc1. The van der Waals surface area contributed by atoms with Gasteiger partial charge in [0.1, 0.15) is 11.5 Å². The van der Waals surface area contributed by atoms with Crippen molar-refractivity contribution in [2.45, 2.75) is 19.4 Å². The maximum absolute atomic E-state index is 10.9. The summed E-state index contributed by atoms with van der Waals surface area (Å²) in [4.78, 5) is 10.9. The highest BCUT2D eigenvalue weighted by Gasteiger charge is 2.15. The minimum atomic E-state index is -0.905. The molecule has 0 bridgehead atoms. The van der Waals surface area contributed by atoms with Crippen molar-refractivity contribution in [1.82, 2.24) is 0 Å². The van der Waals surface area contributed by atoms with Crippen LogP contribution in [-0.4, -0.2) is 17.7 Å². The quantitative estimate of drug-likeness (QED) is 0.729. The lowest BCUT2D eigenvalue weighted by Gasteiger charge is -2.16. The van der Waals surface area contributed by atoms with Crippen LogP contribution in [0.3, 0.4) is 0 Å².